The van der Waals surface area contributed by atoms with Crippen molar-refractivity contribution < 1.29 is 10.2 Å². The molecule has 0 bridgehead atoms. The maximum Gasteiger partial charge on any atom is 0.0807 e. The first-order valence-electron chi connectivity index (χ1n) is 7.33. The topological polar surface area (TPSA) is 43.7 Å². The van der Waals surface area contributed by atoms with Crippen LogP contribution in [-0.2, 0) is 0 Å². The summed E-state index contributed by atoms with van der Waals surface area (Å²) < 4.78 is 0. The molecule has 1 aromatic carbocycles. The van der Waals surface area contributed by atoms with Crippen molar-refractivity contribution in [3.8, 4) is 0 Å². The van der Waals surface area contributed by atoms with Crippen LogP contribution < -0.4 is 4.90 Å². The van der Waals surface area contributed by atoms with Crippen molar-refractivity contribution >= 4 is 5.69 Å². The van der Waals surface area contributed by atoms with Crippen molar-refractivity contribution in [3.05, 3.63) is 29.8 Å². The number of hydrogen-bond acceptors (Lipinski definition) is 3. The SMILES string of the molecule is CC[C@H](O)c1ccccc1N(C)C1CCCCC1O. The average molecular weight is 263 g/mol. The Kier molecular flexibility index (Phi) is 4.83. The fourth-order valence-corrected chi connectivity index (χ4v) is 3.03. The van der Waals surface area contributed by atoms with Gasteiger partial charge in [-0.1, -0.05) is 38.0 Å². The number of nitrogens with zero attached hydrogens (tertiary/aromatic N) is 1. The van der Waals surface area contributed by atoms with E-state index in [4.69, 9.17) is 0 Å². The van der Waals surface area contributed by atoms with Gasteiger partial charge in [0.05, 0.1) is 18.2 Å². The monoisotopic (exact) mass is 263 g/mol. The average Bonchev–Trinajstić information content (AvgIpc) is 2.46. The number of hydrogen-bond donors (Lipinski definition) is 2. The van der Waals surface area contributed by atoms with Gasteiger partial charge in [0.2, 0.25) is 0 Å². The van der Waals surface area contributed by atoms with E-state index in [-0.39, 0.29) is 12.1 Å². The van der Waals surface area contributed by atoms with E-state index in [1.54, 1.807) is 0 Å². The lowest BCUT2D eigenvalue weighted by atomic mass is 9.90. The largest absolute Gasteiger partial charge is 0.391 e. The van der Waals surface area contributed by atoms with E-state index in [0.29, 0.717) is 6.42 Å². The minimum absolute atomic E-state index is 0.166. The number of para-hydroxylation sites is 1. The van der Waals surface area contributed by atoms with Crippen LogP contribution in [0.4, 0.5) is 5.69 Å². The highest BCUT2D eigenvalue weighted by molar-refractivity contribution is 5.55. The smallest absolute Gasteiger partial charge is 0.0807 e. The van der Waals surface area contributed by atoms with Crippen LogP contribution in [0.3, 0.4) is 0 Å². The van der Waals surface area contributed by atoms with E-state index in [0.717, 1.165) is 30.5 Å². The number of aliphatic hydroxyl groups is 2. The number of rotatable bonds is 4. The van der Waals surface area contributed by atoms with Crippen LogP contribution in [0.25, 0.3) is 0 Å². The highest BCUT2D eigenvalue weighted by atomic mass is 16.3. The Labute approximate surface area is 115 Å². The molecule has 0 heterocycles. The summed E-state index contributed by atoms with van der Waals surface area (Å²) in [7, 11) is 2.03. The molecular weight excluding hydrogens is 238 g/mol. The standard InChI is InChI=1S/C16H25NO2/c1-3-15(18)12-8-4-5-9-13(12)17(2)14-10-6-7-11-16(14)19/h4-5,8-9,14-16,18-19H,3,6-7,10-11H2,1-2H3/t14?,15-,16?/m0/s1. The van der Waals surface area contributed by atoms with E-state index in [1.807, 2.05) is 38.2 Å². The van der Waals surface area contributed by atoms with Gasteiger partial charge in [-0.25, -0.2) is 0 Å². The first-order chi connectivity index (χ1) is 9.15. The molecule has 2 N–H and O–H groups in total. The molecular formula is C16H25NO2. The molecule has 0 radical (unpaired) electrons. The van der Waals surface area contributed by atoms with Gasteiger partial charge >= 0.3 is 0 Å². The predicted octanol–water partition coefficient (Wildman–Crippen LogP) is 2.87. The van der Waals surface area contributed by atoms with E-state index in [9.17, 15) is 10.2 Å². The van der Waals surface area contributed by atoms with Gasteiger partial charge in [0.25, 0.3) is 0 Å². The van der Waals surface area contributed by atoms with Gasteiger partial charge in [-0.2, -0.15) is 0 Å². The Morgan fingerprint density at radius 3 is 2.63 bits per heavy atom. The summed E-state index contributed by atoms with van der Waals surface area (Å²) in [5.41, 5.74) is 2.01. The summed E-state index contributed by atoms with van der Waals surface area (Å²) >= 11 is 0. The summed E-state index contributed by atoms with van der Waals surface area (Å²) in [5, 5.41) is 20.3. The lowest BCUT2D eigenvalue weighted by Gasteiger charge is -2.38. The molecule has 3 atom stereocenters. The lowest BCUT2D eigenvalue weighted by Crippen LogP contribution is -2.43. The van der Waals surface area contributed by atoms with Gasteiger partial charge in [0, 0.05) is 18.3 Å². The summed E-state index contributed by atoms with van der Waals surface area (Å²) in [5.74, 6) is 0. The van der Waals surface area contributed by atoms with Gasteiger partial charge < -0.3 is 15.1 Å². The summed E-state index contributed by atoms with van der Waals surface area (Å²) in [6, 6.07) is 8.14. The molecule has 1 fully saturated rings. The molecule has 1 aliphatic rings. The summed E-state index contributed by atoms with van der Waals surface area (Å²) in [6.45, 7) is 1.98. The van der Waals surface area contributed by atoms with Gasteiger partial charge in [0.15, 0.2) is 0 Å². The van der Waals surface area contributed by atoms with Crippen LogP contribution in [0.1, 0.15) is 50.7 Å². The van der Waals surface area contributed by atoms with Crippen molar-refractivity contribution in [2.45, 2.75) is 57.3 Å². The molecule has 106 valence electrons. The number of aliphatic hydroxyl groups excluding tert-OH is 2. The third-order valence-corrected chi connectivity index (χ3v) is 4.25. The van der Waals surface area contributed by atoms with Gasteiger partial charge in [0.1, 0.15) is 0 Å². The molecule has 3 heteroatoms. The maximum atomic E-state index is 10.2. The van der Waals surface area contributed by atoms with Crippen molar-refractivity contribution in [3.63, 3.8) is 0 Å². The minimum Gasteiger partial charge on any atom is -0.391 e. The number of likely N-dealkylation sites (N-methyl/N-ethyl adjacent to an activating group) is 1. The van der Waals surface area contributed by atoms with Crippen LogP contribution in [0.5, 0.6) is 0 Å². The third kappa shape index (κ3) is 3.10. The Hall–Kier alpha value is -1.06. The molecule has 19 heavy (non-hydrogen) atoms. The second-order valence-electron chi connectivity index (χ2n) is 5.51. The van der Waals surface area contributed by atoms with Crippen molar-refractivity contribution in [2.75, 3.05) is 11.9 Å². The van der Waals surface area contributed by atoms with E-state index >= 15 is 0 Å². The van der Waals surface area contributed by atoms with Crippen LogP contribution in [-0.4, -0.2) is 29.4 Å². The van der Waals surface area contributed by atoms with Gasteiger partial charge in [-0.05, 0) is 25.3 Å². The molecule has 0 saturated heterocycles. The van der Waals surface area contributed by atoms with Crippen molar-refractivity contribution in [2.24, 2.45) is 0 Å². The Balaban J connectivity index is 2.25. The number of anilines is 1. The molecule has 2 unspecified atom stereocenters. The molecule has 0 spiro atoms. The highest BCUT2D eigenvalue weighted by Gasteiger charge is 2.28. The molecule has 1 aromatic rings. The molecule has 3 nitrogen and oxygen atoms in total. The number of benzene rings is 1. The highest BCUT2D eigenvalue weighted by Crippen LogP contribution is 2.32. The summed E-state index contributed by atoms with van der Waals surface area (Å²) in [6.07, 6.45) is 4.21. The van der Waals surface area contributed by atoms with Gasteiger partial charge in [-0.15, -0.1) is 0 Å². The van der Waals surface area contributed by atoms with Crippen LogP contribution >= 0.6 is 0 Å². The Bertz CT molecular complexity index is 407. The van der Waals surface area contributed by atoms with E-state index < -0.39 is 6.10 Å². The molecule has 1 saturated carbocycles. The first-order valence-corrected chi connectivity index (χ1v) is 7.33. The second kappa shape index (κ2) is 6.40. The fraction of sp³-hybridized carbons (Fsp3) is 0.625. The zero-order valence-corrected chi connectivity index (χ0v) is 11.9. The minimum atomic E-state index is -0.431. The molecule has 0 aromatic heterocycles. The summed E-state index contributed by atoms with van der Waals surface area (Å²) in [4.78, 5) is 2.15. The van der Waals surface area contributed by atoms with Crippen LogP contribution in [0, 0.1) is 0 Å². The van der Waals surface area contributed by atoms with Crippen LogP contribution in [0.2, 0.25) is 0 Å². The zero-order valence-electron chi connectivity index (χ0n) is 11.9. The lowest BCUT2D eigenvalue weighted by molar-refractivity contribution is 0.105. The Morgan fingerprint density at radius 2 is 1.95 bits per heavy atom. The third-order valence-electron chi connectivity index (χ3n) is 4.25. The van der Waals surface area contributed by atoms with E-state index in [2.05, 4.69) is 4.90 Å². The van der Waals surface area contributed by atoms with Crippen molar-refractivity contribution in [1.29, 1.82) is 0 Å². The second-order valence-corrected chi connectivity index (χ2v) is 5.51. The van der Waals surface area contributed by atoms with E-state index in [1.165, 1.54) is 6.42 Å². The first kappa shape index (κ1) is 14.4. The fourth-order valence-electron chi connectivity index (χ4n) is 3.03. The molecule has 0 amide bonds. The Morgan fingerprint density at radius 1 is 1.26 bits per heavy atom. The molecule has 2 rings (SSSR count). The maximum absolute atomic E-state index is 10.2. The quantitative estimate of drug-likeness (QED) is 0.878. The van der Waals surface area contributed by atoms with Crippen molar-refractivity contribution in [1.82, 2.24) is 0 Å². The molecule has 0 aliphatic heterocycles. The zero-order chi connectivity index (χ0) is 13.8. The van der Waals surface area contributed by atoms with Crippen LogP contribution in [0.15, 0.2) is 24.3 Å². The molecule has 1 aliphatic carbocycles. The normalized spacial score (nSPS) is 25.1. The van der Waals surface area contributed by atoms with Gasteiger partial charge in [-0.3, -0.25) is 0 Å². The predicted molar refractivity (Wildman–Crippen MR) is 78.4 cm³/mol.